The number of ether oxygens (including phenoxy) is 2. The van der Waals surface area contributed by atoms with Crippen molar-refractivity contribution in [2.24, 2.45) is 0 Å². The largest absolute Gasteiger partial charge is 0.489 e. The monoisotopic (exact) mass is 300 g/mol. The third-order valence-electron chi connectivity index (χ3n) is 3.36. The number of hydrogen-bond acceptors (Lipinski definition) is 4. The minimum atomic E-state index is 0.540. The van der Waals surface area contributed by atoms with E-state index < -0.39 is 0 Å². The van der Waals surface area contributed by atoms with Crippen molar-refractivity contribution in [3.63, 3.8) is 0 Å². The minimum Gasteiger partial charge on any atom is -0.489 e. The van der Waals surface area contributed by atoms with E-state index in [4.69, 9.17) is 9.47 Å². The summed E-state index contributed by atoms with van der Waals surface area (Å²) in [6, 6.07) is 12.1. The van der Waals surface area contributed by atoms with Crippen molar-refractivity contribution in [1.29, 1.82) is 0 Å². The number of para-hydroxylation sites is 1. The maximum atomic E-state index is 5.92. The predicted octanol–water partition coefficient (Wildman–Crippen LogP) is 3.18. The van der Waals surface area contributed by atoms with Crippen LogP contribution in [0.4, 0.5) is 0 Å². The average molecular weight is 300 g/mol. The first-order valence-electron chi connectivity index (χ1n) is 7.69. The molecule has 0 aliphatic carbocycles. The highest BCUT2D eigenvalue weighted by molar-refractivity contribution is 5.33. The molecule has 0 amide bonds. The molecule has 2 rings (SSSR count). The molecule has 0 aliphatic rings. The molecule has 0 spiro atoms. The molecule has 1 aromatic carbocycles. The highest BCUT2D eigenvalue weighted by atomic mass is 16.5. The first-order valence-corrected chi connectivity index (χ1v) is 7.69. The highest BCUT2D eigenvalue weighted by Crippen LogP contribution is 2.19. The van der Waals surface area contributed by atoms with Crippen molar-refractivity contribution in [3.8, 4) is 5.75 Å². The lowest BCUT2D eigenvalue weighted by Crippen LogP contribution is -2.16. The van der Waals surface area contributed by atoms with Crippen LogP contribution in [0.2, 0.25) is 0 Å². The fraction of sp³-hybridized carbons (Fsp3) is 0.389. The van der Waals surface area contributed by atoms with E-state index in [1.807, 2.05) is 36.5 Å². The second kappa shape index (κ2) is 9.92. The van der Waals surface area contributed by atoms with Crippen LogP contribution in [0.15, 0.2) is 48.8 Å². The molecule has 0 fully saturated rings. The normalized spacial score (nSPS) is 10.6. The van der Waals surface area contributed by atoms with Crippen LogP contribution < -0.4 is 10.1 Å². The molecule has 4 nitrogen and oxygen atoms in total. The van der Waals surface area contributed by atoms with Crippen molar-refractivity contribution in [2.75, 3.05) is 20.3 Å². The maximum Gasteiger partial charge on any atom is 0.124 e. The molecule has 0 unspecified atom stereocenters. The first kappa shape index (κ1) is 16.5. The Kier molecular flexibility index (Phi) is 7.43. The maximum absolute atomic E-state index is 5.92. The number of benzene rings is 1. The number of hydrogen-bond donors (Lipinski definition) is 1. The average Bonchev–Trinajstić information content (AvgIpc) is 2.58. The second-order valence-electron chi connectivity index (χ2n) is 5.13. The summed E-state index contributed by atoms with van der Waals surface area (Å²) in [5, 5.41) is 3.45. The smallest absolute Gasteiger partial charge is 0.124 e. The topological polar surface area (TPSA) is 43.4 Å². The number of rotatable bonds is 10. The van der Waals surface area contributed by atoms with Gasteiger partial charge in [-0.3, -0.25) is 4.98 Å². The Hall–Kier alpha value is -1.91. The van der Waals surface area contributed by atoms with Crippen LogP contribution >= 0.6 is 0 Å². The van der Waals surface area contributed by atoms with Crippen molar-refractivity contribution < 1.29 is 9.47 Å². The van der Waals surface area contributed by atoms with Crippen LogP contribution in [0.5, 0.6) is 5.75 Å². The van der Waals surface area contributed by atoms with Gasteiger partial charge in [0.05, 0.1) is 0 Å². The predicted molar refractivity (Wildman–Crippen MR) is 87.8 cm³/mol. The molecule has 0 saturated heterocycles. The molecule has 1 heterocycles. The lowest BCUT2D eigenvalue weighted by atomic mass is 10.2. The fourth-order valence-electron chi connectivity index (χ4n) is 2.15. The third kappa shape index (κ3) is 5.84. The summed E-state index contributed by atoms with van der Waals surface area (Å²) in [6.45, 7) is 3.17. The molecule has 1 aromatic heterocycles. The van der Waals surface area contributed by atoms with Gasteiger partial charge in [-0.2, -0.15) is 0 Å². The number of methoxy groups -OCH3 is 1. The summed E-state index contributed by atoms with van der Waals surface area (Å²) >= 11 is 0. The Morgan fingerprint density at radius 3 is 2.82 bits per heavy atom. The van der Waals surface area contributed by atoms with Crippen LogP contribution in [0.25, 0.3) is 0 Å². The summed E-state index contributed by atoms with van der Waals surface area (Å²) in [5.41, 5.74) is 2.25. The molecule has 118 valence electrons. The standard InChI is InChI=1S/C18H24N2O2/c1-21-12-5-4-10-20-14-17-8-2-3-9-18(17)22-15-16-7-6-11-19-13-16/h2-3,6-9,11,13,20H,4-5,10,12,14-15H2,1H3. The Labute approximate surface area is 132 Å². The number of nitrogens with zero attached hydrogens (tertiary/aromatic N) is 1. The molecule has 0 aliphatic heterocycles. The van der Waals surface area contributed by atoms with Gasteiger partial charge in [-0.15, -0.1) is 0 Å². The summed E-state index contributed by atoms with van der Waals surface area (Å²) in [6.07, 6.45) is 5.80. The molecule has 0 bridgehead atoms. The molecule has 0 atom stereocenters. The zero-order valence-electron chi connectivity index (χ0n) is 13.1. The van der Waals surface area contributed by atoms with Crippen LogP contribution in [0, 0.1) is 0 Å². The lowest BCUT2D eigenvalue weighted by Gasteiger charge is -2.12. The lowest BCUT2D eigenvalue weighted by molar-refractivity contribution is 0.192. The summed E-state index contributed by atoms with van der Waals surface area (Å²) in [7, 11) is 1.74. The van der Waals surface area contributed by atoms with Gasteiger partial charge in [-0.1, -0.05) is 24.3 Å². The van der Waals surface area contributed by atoms with Crippen LogP contribution in [0.3, 0.4) is 0 Å². The van der Waals surface area contributed by atoms with Crippen molar-refractivity contribution in [1.82, 2.24) is 10.3 Å². The van der Waals surface area contributed by atoms with E-state index in [0.717, 1.165) is 43.9 Å². The van der Waals surface area contributed by atoms with Gasteiger partial charge in [0, 0.05) is 43.8 Å². The van der Waals surface area contributed by atoms with Gasteiger partial charge in [0.15, 0.2) is 0 Å². The van der Waals surface area contributed by atoms with Crippen molar-refractivity contribution in [3.05, 3.63) is 59.9 Å². The molecule has 2 aromatic rings. The fourth-order valence-corrected chi connectivity index (χ4v) is 2.15. The van der Waals surface area contributed by atoms with E-state index >= 15 is 0 Å². The molecule has 0 radical (unpaired) electrons. The number of pyridine rings is 1. The van der Waals surface area contributed by atoms with E-state index in [9.17, 15) is 0 Å². The van der Waals surface area contributed by atoms with E-state index in [2.05, 4.69) is 16.4 Å². The zero-order valence-corrected chi connectivity index (χ0v) is 13.1. The van der Waals surface area contributed by atoms with E-state index in [0.29, 0.717) is 6.61 Å². The molecular weight excluding hydrogens is 276 g/mol. The van der Waals surface area contributed by atoms with Gasteiger partial charge < -0.3 is 14.8 Å². The van der Waals surface area contributed by atoms with Crippen LogP contribution in [-0.2, 0) is 17.9 Å². The summed E-state index contributed by atoms with van der Waals surface area (Å²) in [5.74, 6) is 0.927. The number of nitrogens with one attached hydrogen (secondary N) is 1. The summed E-state index contributed by atoms with van der Waals surface area (Å²) < 4.78 is 11.0. The van der Waals surface area contributed by atoms with E-state index in [1.54, 1.807) is 13.3 Å². The molecule has 22 heavy (non-hydrogen) atoms. The zero-order chi connectivity index (χ0) is 15.5. The molecule has 4 heteroatoms. The highest BCUT2D eigenvalue weighted by Gasteiger charge is 2.03. The molecule has 1 N–H and O–H groups in total. The second-order valence-corrected chi connectivity index (χ2v) is 5.13. The van der Waals surface area contributed by atoms with Gasteiger partial charge in [-0.05, 0) is 31.5 Å². The molecule has 0 saturated carbocycles. The van der Waals surface area contributed by atoms with E-state index in [-0.39, 0.29) is 0 Å². The Morgan fingerprint density at radius 1 is 1.09 bits per heavy atom. The van der Waals surface area contributed by atoms with Gasteiger partial charge >= 0.3 is 0 Å². The SMILES string of the molecule is COCCCCNCc1ccccc1OCc1cccnc1. The van der Waals surface area contributed by atoms with Gasteiger partial charge in [0.1, 0.15) is 12.4 Å². The van der Waals surface area contributed by atoms with Crippen LogP contribution in [-0.4, -0.2) is 25.2 Å². The minimum absolute atomic E-state index is 0.540. The Bertz CT molecular complexity index is 532. The Morgan fingerprint density at radius 2 is 2.00 bits per heavy atom. The number of unbranched alkanes of at least 4 members (excludes halogenated alkanes) is 1. The Balaban J connectivity index is 1.79. The van der Waals surface area contributed by atoms with Gasteiger partial charge in [0.25, 0.3) is 0 Å². The van der Waals surface area contributed by atoms with Crippen molar-refractivity contribution >= 4 is 0 Å². The van der Waals surface area contributed by atoms with Gasteiger partial charge in [-0.25, -0.2) is 0 Å². The van der Waals surface area contributed by atoms with Crippen molar-refractivity contribution in [2.45, 2.75) is 26.0 Å². The quantitative estimate of drug-likeness (QED) is 0.684. The number of aromatic nitrogens is 1. The van der Waals surface area contributed by atoms with Crippen LogP contribution in [0.1, 0.15) is 24.0 Å². The van der Waals surface area contributed by atoms with E-state index in [1.165, 1.54) is 5.56 Å². The van der Waals surface area contributed by atoms with Gasteiger partial charge in [0.2, 0.25) is 0 Å². The third-order valence-corrected chi connectivity index (χ3v) is 3.36. The summed E-state index contributed by atoms with van der Waals surface area (Å²) in [4.78, 5) is 4.10. The molecular formula is C18H24N2O2. The first-order chi connectivity index (χ1) is 10.9.